The minimum absolute atomic E-state index is 0.590. The number of aryl methyl sites for hydroxylation is 1. The summed E-state index contributed by atoms with van der Waals surface area (Å²) in [6.07, 6.45) is 7.56. The normalized spacial score (nSPS) is 17.2. The third-order valence-corrected chi connectivity index (χ3v) is 4.74. The van der Waals surface area contributed by atoms with Gasteiger partial charge in [0.1, 0.15) is 5.82 Å². The molecule has 3 heteroatoms. The van der Waals surface area contributed by atoms with Crippen LogP contribution in [0.15, 0.2) is 36.5 Å². The van der Waals surface area contributed by atoms with Crippen LogP contribution in [0.1, 0.15) is 44.1 Å². The third-order valence-electron chi connectivity index (χ3n) is 4.74. The summed E-state index contributed by atoms with van der Waals surface area (Å²) < 4.78 is 2.24. The fraction of sp³-hybridized carbons (Fsp3) is 0.500. The van der Waals surface area contributed by atoms with Crippen molar-refractivity contribution in [3.8, 4) is 5.69 Å². The van der Waals surface area contributed by atoms with E-state index >= 15 is 0 Å². The summed E-state index contributed by atoms with van der Waals surface area (Å²) >= 11 is 0. The van der Waals surface area contributed by atoms with Crippen molar-refractivity contribution in [2.75, 3.05) is 0 Å². The zero-order valence-electron chi connectivity index (χ0n) is 13.0. The molecule has 0 radical (unpaired) electrons. The lowest BCUT2D eigenvalue weighted by Crippen LogP contribution is -2.32. The zero-order valence-corrected chi connectivity index (χ0v) is 13.0. The highest BCUT2D eigenvalue weighted by Gasteiger charge is 2.21. The summed E-state index contributed by atoms with van der Waals surface area (Å²) in [6, 6.07) is 11.1. The molecule has 1 heterocycles. The highest BCUT2D eigenvalue weighted by Crippen LogP contribution is 2.27. The maximum absolute atomic E-state index is 4.49. The van der Waals surface area contributed by atoms with Crippen LogP contribution in [0.2, 0.25) is 0 Å². The Morgan fingerprint density at radius 3 is 2.67 bits per heavy atom. The highest BCUT2D eigenvalue weighted by molar-refractivity contribution is 5.35. The van der Waals surface area contributed by atoms with Crippen LogP contribution in [0.4, 0.5) is 0 Å². The van der Waals surface area contributed by atoms with E-state index < -0.39 is 0 Å². The second-order valence-electron chi connectivity index (χ2n) is 6.18. The Kier molecular flexibility index (Phi) is 4.39. The van der Waals surface area contributed by atoms with Crippen molar-refractivity contribution >= 4 is 0 Å². The SMILES string of the molecule is Cc1ncc(CN[C@H](C)C2CCCC2)n1-c1ccccc1. The average Bonchev–Trinajstić information content (AvgIpc) is 3.15. The molecule has 0 bridgehead atoms. The summed E-state index contributed by atoms with van der Waals surface area (Å²) in [5.41, 5.74) is 2.43. The number of nitrogens with one attached hydrogen (secondary N) is 1. The Morgan fingerprint density at radius 1 is 1.24 bits per heavy atom. The van der Waals surface area contributed by atoms with Crippen molar-refractivity contribution in [3.63, 3.8) is 0 Å². The first-order chi connectivity index (χ1) is 10.3. The van der Waals surface area contributed by atoms with E-state index in [0.717, 1.165) is 18.3 Å². The van der Waals surface area contributed by atoms with Crippen LogP contribution in [-0.2, 0) is 6.54 Å². The van der Waals surface area contributed by atoms with Gasteiger partial charge >= 0.3 is 0 Å². The molecular weight excluding hydrogens is 258 g/mol. The monoisotopic (exact) mass is 283 g/mol. The van der Waals surface area contributed by atoms with Gasteiger partial charge in [0.15, 0.2) is 0 Å². The molecule has 0 spiro atoms. The van der Waals surface area contributed by atoms with E-state index in [1.807, 2.05) is 6.20 Å². The molecular formula is C18H25N3. The first kappa shape index (κ1) is 14.3. The smallest absolute Gasteiger partial charge is 0.110 e. The fourth-order valence-electron chi connectivity index (χ4n) is 3.44. The predicted molar refractivity (Wildman–Crippen MR) is 86.6 cm³/mol. The van der Waals surface area contributed by atoms with Gasteiger partial charge in [-0.3, -0.25) is 4.57 Å². The summed E-state index contributed by atoms with van der Waals surface area (Å²) in [7, 11) is 0. The van der Waals surface area contributed by atoms with Gasteiger partial charge in [-0.25, -0.2) is 4.98 Å². The van der Waals surface area contributed by atoms with Crippen molar-refractivity contribution in [3.05, 3.63) is 48.0 Å². The van der Waals surface area contributed by atoms with Gasteiger partial charge < -0.3 is 5.32 Å². The average molecular weight is 283 g/mol. The van der Waals surface area contributed by atoms with E-state index in [2.05, 4.69) is 59.0 Å². The molecule has 3 nitrogen and oxygen atoms in total. The van der Waals surface area contributed by atoms with Crippen molar-refractivity contribution in [1.82, 2.24) is 14.9 Å². The molecule has 1 aromatic heterocycles. The lowest BCUT2D eigenvalue weighted by atomic mass is 10.00. The zero-order chi connectivity index (χ0) is 14.7. The molecule has 112 valence electrons. The Labute approximate surface area is 127 Å². The Bertz CT molecular complexity index is 567. The van der Waals surface area contributed by atoms with Gasteiger partial charge in [0, 0.05) is 18.3 Å². The van der Waals surface area contributed by atoms with E-state index in [-0.39, 0.29) is 0 Å². The molecule has 1 aromatic carbocycles. The molecule has 0 unspecified atom stereocenters. The van der Waals surface area contributed by atoms with Gasteiger partial charge in [-0.15, -0.1) is 0 Å². The second kappa shape index (κ2) is 6.44. The van der Waals surface area contributed by atoms with Crippen LogP contribution < -0.4 is 5.32 Å². The molecule has 21 heavy (non-hydrogen) atoms. The van der Waals surface area contributed by atoms with E-state index in [1.165, 1.54) is 37.1 Å². The van der Waals surface area contributed by atoms with Crippen molar-refractivity contribution in [2.24, 2.45) is 5.92 Å². The molecule has 1 atom stereocenters. The summed E-state index contributed by atoms with van der Waals surface area (Å²) in [5, 5.41) is 3.70. The summed E-state index contributed by atoms with van der Waals surface area (Å²) in [6.45, 7) is 5.27. The number of benzene rings is 1. The van der Waals surface area contributed by atoms with Gasteiger partial charge in [-0.2, -0.15) is 0 Å². The molecule has 2 aromatic rings. The van der Waals surface area contributed by atoms with E-state index in [9.17, 15) is 0 Å². The minimum atomic E-state index is 0.590. The molecule has 1 aliphatic rings. The topological polar surface area (TPSA) is 29.9 Å². The minimum Gasteiger partial charge on any atom is -0.308 e. The number of nitrogens with zero attached hydrogens (tertiary/aromatic N) is 2. The quantitative estimate of drug-likeness (QED) is 0.903. The van der Waals surface area contributed by atoms with Crippen molar-refractivity contribution in [2.45, 2.75) is 52.1 Å². The Balaban J connectivity index is 1.71. The maximum Gasteiger partial charge on any atom is 0.110 e. The largest absolute Gasteiger partial charge is 0.308 e. The molecule has 0 saturated heterocycles. The number of rotatable bonds is 5. The van der Waals surface area contributed by atoms with Gasteiger partial charge in [0.05, 0.1) is 11.9 Å². The fourth-order valence-corrected chi connectivity index (χ4v) is 3.44. The highest BCUT2D eigenvalue weighted by atomic mass is 15.1. The van der Waals surface area contributed by atoms with E-state index in [1.54, 1.807) is 0 Å². The van der Waals surface area contributed by atoms with Crippen LogP contribution >= 0.6 is 0 Å². The number of hydrogen-bond donors (Lipinski definition) is 1. The number of imidazole rings is 1. The Morgan fingerprint density at radius 2 is 1.95 bits per heavy atom. The van der Waals surface area contributed by atoms with Crippen LogP contribution in [0.5, 0.6) is 0 Å². The van der Waals surface area contributed by atoms with Gasteiger partial charge in [-0.1, -0.05) is 31.0 Å². The van der Waals surface area contributed by atoms with Gasteiger partial charge in [-0.05, 0) is 44.7 Å². The summed E-state index contributed by atoms with van der Waals surface area (Å²) in [5.74, 6) is 1.89. The first-order valence-corrected chi connectivity index (χ1v) is 8.07. The van der Waals surface area contributed by atoms with E-state index in [4.69, 9.17) is 0 Å². The molecule has 1 aliphatic carbocycles. The van der Waals surface area contributed by atoms with Gasteiger partial charge in [0.2, 0.25) is 0 Å². The first-order valence-electron chi connectivity index (χ1n) is 8.07. The molecule has 1 saturated carbocycles. The lowest BCUT2D eigenvalue weighted by molar-refractivity contribution is 0.378. The second-order valence-corrected chi connectivity index (χ2v) is 6.18. The van der Waals surface area contributed by atoms with E-state index in [0.29, 0.717) is 6.04 Å². The van der Waals surface area contributed by atoms with Crippen LogP contribution in [0.25, 0.3) is 5.69 Å². The third kappa shape index (κ3) is 3.18. The lowest BCUT2D eigenvalue weighted by Gasteiger charge is -2.21. The van der Waals surface area contributed by atoms with Crippen molar-refractivity contribution < 1.29 is 0 Å². The molecule has 1 fully saturated rings. The maximum atomic E-state index is 4.49. The standard InChI is InChI=1S/C18H25N3/c1-14(16-8-6-7-9-16)19-12-18-13-20-15(2)21(18)17-10-4-3-5-11-17/h3-5,10-11,13-14,16,19H,6-9,12H2,1-2H3/t14-/m1/s1. The van der Waals surface area contributed by atoms with Crippen molar-refractivity contribution in [1.29, 1.82) is 0 Å². The van der Waals surface area contributed by atoms with Crippen LogP contribution in [0, 0.1) is 12.8 Å². The molecule has 0 amide bonds. The van der Waals surface area contributed by atoms with Crippen LogP contribution in [-0.4, -0.2) is 15.6 Å². The molecule has 0 aliphatic heterocycles. The predicted octanol–water partition coefficient (Wildman–Crippen LogP) is 3.85. The molecule has 1 N–H and O–H groups in total. The molecule has 3 rings (SSSR count). The number of aromatic nitrogens is 2. The summed E-state index contributed by atoms with van der Waals surface area (Å²) in [4.78, 5) is 4.49. The Hall–Kier alpha value is -1.61. The van der Waals surface area contributed by atoms with Crippen LogP contribution in [0.3, 0.4) is 0 Å². The van der Waals surface area contributed by atoms with Gasteiger partial charge in [0.25, 0.3) is 0 Å². The number of hydrogen-bond acceptors (Lipinski definition) is 2. The number of para-hydroxylation sites is 1.